The molecule has 98 valence electrons. The van der Waals surface area contributed by atoms with Crippen LogP contribution in [0.3, 0.4) is 0 Å². The molecule has 0 aliphatic carbocycles. The first-order chi connectivity index (χ1) is 8.41. The lowest BCUT2D eigenvalue weighted by molar-refractivity contribution is 0.0779. The highest BCUT2D eigenvalue weighted by Gasteiger charge is 2.28. The summed E-state index contributed by atoms with van der Waals surface area (Å²) in [6.07, 6.45) is 6.18. The minimum absolute atomic E-state index is 0.0604. The monoisotopic (exact) mass is 265 g/mol. The van der Waals surface area contributed by atoms with E-state index in [2.05, 4.69) is 15.5 Å². The van der Waals surface area contributed by atoms with Crippen molar-refractivity contribution in [3.8, 4) is 12.3 Å². The van der Waals surface area contributed by atoms with Crippen LogP contribution in [0, 0.1) is 12.3 Å². The number of terminal acetylenes is 1. The number of amides is 1. The SMILES string of the molecule is C#CCN(CCC)C(=O)c1snnc1C(C)(C)C. The predicted molar refractivity (Wildman–Crippen MR) is 73.6 cm³/mol. The van der Waals surface area contributed by atoms with Gasteiger partial charge in [-0.05, 0) is 18.0 Å². The molecule has 0 atom stereocenters. The molecule has 1 amide bonds. The summed E-state index contributed by atoms with van der Waals surface area (Å²) in [4.78, 5) is 14.7. The molecule has 0 fully saturated rings. The van der Waals surface area contributed by atoms with Crippen molar-refractivity contribution in [2.75, 3.05) is 13.1 Å². The fraction of sp³-hybridized carbons (Fsp3) is 0.615. The Morgan fingerprint density at radius 2 is 2.17 bits per heavy atom. The van der Waals surface area contributed by atoms with Gasteiger partial charge in [0, 0.05) is 12.0 Å². The number of aromatic nitrogens is 2. The number of hydrogen-bond acceptors (Lipinski definition) is 4. The molecule has 0 aromatic carbocycles. The summed E-state index contributed by atoms with van der Waals surface area (Å²) in [5, 5.41) is 4.08. The molecule has 0 N–H and O–H groups in total. The number of carbonyl (C=O) groups excluding carboxylic acids is 1. The lowest BCUT2D eigenvalue weighted by Crippen LogP contribution is -2.33. The zero-order chi connectivity index (χ0) is 13.8. The van der Waals surface area contributed by atoms with E-state index in [1.165, 1.54) is 0 Å². The molecule has 0 spiro atoms. The maximum Gasteiger partial charge on any atom is 0.268 e. The van der Waals surface area contributed by atoms with Gasteiger partial charge in [0.25, 0.3) is 5.91 Å². The Labute approximate surface area is 113 Å². The molecule has 1 aromatic heterocycles. The third-order valence-electron chi connectivity index (χ3n) is 2.46. The van der Waals surface area contributed by atoms with Crippen LogP contribution in [0.1, 0.15) is 49.5 Å². The summed E-state index contributed by atoms with van der Waals surface area (Å²) in [6.45, 7) is 9.06. The second-order valence-electron chi connectivity index (χ2n) is 5.13. The number of carbonyl (C=O) groups is 1. The number of nitrogens with zero attached hydrogens (tertiary/aromatic N) is 3. The molecule has 1 rings (SSSR count). The Morgan fingerprint density at radius 1 is 1.50 bits per heavy atom. The van der Waals surface area contributed by atoms with Crippen molar-refractivity contribution >= 4 is 17.4 Å². The molecule has 0 saturated heterocycles. The van der Waals surface area contributed by atoms with E-state index in [-0.39, 0.29) is 11.3 Å². The quantitative estimate of drug-likeness (QED) is 0.785. The second kappa shape index (κ2) is 5.96. The number of hydrogen-bond donors (Lipinski definition) is 0. The van der Waals surface area contributed by atoms with Crippen molar-refractivity contribution in [3.63, 3.8) is 0 Å². The van der Waals surface area contributed by atoms with Gasteiger partial charge in [0.15, 0.2) is 0 Å². The van der Waals surface area contributed by atoms with E-state index in [4.69, 9.17) is 6.42 Å². The van der Waals surface area contributed by atoms with Crippen LogP contribution in [0.5, 0.6) is 0 Å². The Bertz CT molecular complexity index is 454. The summed E-state index contributed by atoms with van der Waals surface area (Å²) in [5.74, 6) is 2.46. The van der Waals surface area contributed by atoms with Crippen molar-refractivity contribution in [2.24, 2.45) is 0 Å². The van der Waals surface area contributed by atoms with Crippen LogP contribution in [-0.4, -0.2) is 33.5 Å². The van der Waals surface area contributed by atoms with Crippen molar-refractivity contribution < 1.29 is 4.79 Å². The normalized spacial score (nSPS) is 11.1. The molecule has 0 aliphatic heterocycles. The molecule has 0 bridgehead atoms. The highest BCUT2D eigenvalue weighted by Crippen LogP contribution is 2.26. The first kappa shape index (κ1) is 14.7. The maximum absolute atomic E-state index is 12.4. The minimum atomic E-state index is -0.188. The Kier molecular flexibility index (Phi) is 4.85. The summed E-state index contributed by atoms with van der Waals surface area (Å²) < 4.78 is 3.90. The fourth-order valence-corrected chi connectivity index (χ4v) is 2.44. The lowest BCUT2D eigenvalue weighted by Gasteiger charge is -2.21. The van der Waals surface area contributed by atoms with Gasteiger partial charge in [-0.15, -0.1) is 11.5 Å². The zero-order valence-corrected chi connectivity index (χ0v) is 12.2. The Morgan fingerprint density at radius 3 is 2.67 bits per heavy atom. The van der Waals surface area contributed by atoms with Gasteiger partial charge in [0.05, 0.1) is 12.2 Å². The van der Waals surface area contributed by atoms with Crippen molar-refractivity contribution in [1.29, 1.82) is 0 Å². The standard InChI is InChI=1S/C13H19N3OS/c1-6-8-16(9-7-2)12(17)10-11(13(3,4)5)14-15-18-10/h1H,7-9H2,2-5H3. The van der Waals surface area contributed by atoms with Gasteiger partial charge in [-0.1, -0.05) is 38.1 Å². The first-order valence-electron chi connectivity index (χ1n) is 5.97. The lowest BCUT2D eigenvalue weighted by atomic mass is 9.91. The van der Waals surface area contributed by atoms with Crippen molar-refractivity contribution in [2.45, 2.75) is 39.5 Å². The van der Waals surface area contributed by atoms with Gasteiger partial charge in [-0.3, -0.25) is 4.79 Å². The summed E-state index contributed by atoms with van der Waals surface area (Å²) >= 11 is 1.14. The van der Waals surface area contributed by atoms with E-state index < -0.39 is 0 Å². The Hall–Kier alpha value is -1.41. The van der Waals surface area contributed by atoms with Gasteiger partial charge in [0.2, 0.25) is 0 Å². The summed E-state index contributed by atoms with van der Waals surface area (Å²) in [7, 11) is 0. The van der Waals surface area contributed by atoms with E-state index in [1.807, 2.05) is 27.7 Å². The number of rotatable bonds is 4. The van der Waals surface area contributed by atoms with Gasteiger partial charge >= 0.3 is 0 Å². The molecular weight excluding hydrogens is 246 g/mol. The van der Waals surface area contributed by atoms with Crippen LogP contribution in [0.2, 0.25) is 0 Å². The smallest absolute Gasteiger partial charge is 0.268 e. The highest BCUT2D eigenvalue weighted by molar-refractivity contribution is 7.08. The van der Waals surface area contributed by atoms with Gasteiger partial charge < -0.3 is 4.90 Å². The van der Waals surface area contributed by atoms with Crippen LogP contribution in [0.4, 0.5) is 0 Å². The fourth-order valence-electron chi connectivity index (χ4n) is 1.60. The van der Waals surface area contributed by atoms with Crippen LogP contribution in [0.25, 0.3) is 0 Å². The molecule has 1 heterocycles. The second-order valence-corrected chi connectivity index (χ2v) is 5.89. The van der Waals surface area contributed by atoms with Crippen LogP contribution in [-0.2, 0) is 5.41 Å². The molecule has 0 unspecified atom stereocenters. The molecular formula is C13H19N3OS. The predicted octanol–water partition coefficient (Wildman–Crippen LogP) is 2.32. The van der Waals surface area contributed by atoms with Gasteiger partial charge in [-0.2, -0.15) is 0 Å². The van der Waals surface area contributed by atoms with E-state index >= 15 is 0 Å². The zero-order valence-electron chi connectivity index (χ0n) is 11.4. The van der Waals surface area contributed by atoms with Crippen molar-refractivity contribution in [3.05, 3.63) is 10.6 Å². The summed E-state index contributed by atoms with van der Waals surface area (Å²) in [6, 6.07) is 0. The molecule has 18 heavy (non-hydrogen) atoms. The molecule has 4 nitrogen and oxygen atoms in total. The third-order valence-corrected chi connectivity index (χ3v) is 3.17. The largest absolute Gasteiger partial charge is 0.327 e. The van der Waals surface area contributed by atoms with E-state index in [0.29, 0.717) is 18.0 Å². The van der Waals surface area contributed by atoms with Crippen LogP contribution in [0.15, 0.2) is 0 Å². The molecule has 0 aliphatic rings. The average Bonchev–Trinajstić information content (AvgIpc) is 2.76. The maximum atomic E-state index is 12.4. The third kappa shape index (κ3) is 3.30. The average molecular weight is 265 g/mol. The van der Waals surface area contributed by atoms with Crippen LogP contribution < -0.4 is 0 Å². The van der Waals surface area contributed by atoms with Crippen molar-refractivity contribution in [1.82, 2.24) is 14.5 Å². The molecule has 0 radical (unpaired) electrons. The van der Waals surface area contributed by atoms with E-state index in [1.54, 1.807) is 4.90 Å². The molecule has 0 saturated carbocycles. The summed E-state index contributed by atoms with van der Waals surface area (Å²) in [5.41, 5.74) is 0.557. The van der Waals surface area contributed by atoms with Gasteiger partial charge in [0.1, 0.15) is 4.88 Å². The van der Waals surface area contributed by atoms with E-state index in [9.17, 15) is 4.79 Å². The Balaban J connectivity index is 3.03. The molecule has 1 aromatic rings. The van der Waals surface area contributed by atoms with Gasteiger partial charge in [-0.25, -0.2) is 0 Å². The highest BCUT2D eigenvalue weighted by atomic mass is 32.1. The van der Waals surface area contributed by atoms with E-state index in [0.717, 1.165) is 23.6 Å². The molecule has 5 heteroatoms. The minimum Gasteiger partial charge on any atom is -0.327 e. The first-order valence-corrected chi connectivity index (χ1v) is 6.74. The van der Waals surface area contributed by atoms with Crippen LogP contribution >= 0.6 is 11.5 Å². The topological polar surface area (TPSA) is 46.1 Å².